The standard InChI is InChI=1S/C13H24OSi/c1-7-10-13(14-15(4,5)6)11-12(8-2)9-3/h2,7,12-13H,1,9-11H2,3-6H3. The van der Waals surface area contributed by atoms with E-state index in [-0.39, 0.29) is 6.10 Å². The van der Waals surface area contributed by atoms with Crippen molar-refractivity contribution in [3.63, 3.8) is 0 Å². The van der Waals surface area contributed by atoms with Gasteiger partial charge in [-0.2, -0.15) is 0 Å². The molecule has 0 rings (SSSR count). The molecule has 0 heterocycles. The number of terminal acetylenes is 1. The molecule has 86 valence electrons. The Labute approximate surface area is 96.0 Å². The molecule has 0 aliphatic rings. The first-order valence-corrected chi connectivity index (χ1v) is 9.08. The second-order valence-corrected chi connectivity index (χ2v) is 9.34. The number of rotatable bonds is 7. The first-order chi connectivity index (χ1) is 6.92. The Kier molecular flexibility index (Phi) is 6.63. The van der Waals surface area contributed by atoms with Gasteiger partial charge in [0.05, 0.1) is 0 Å². The summed E-state index contributed by atoms with van der Waals surface area (Å²) in [6.45, 7) is 12.5. The fourth-order valence-corrected chi connectivity index (χ4v) is 2.74. The monoisotopic (exact) mass is 224 g/mol. The van der Waals surface area contributed by atoms with Crippen LogP contribution in [0.1, 0.15) is 26.2 Å². The van der Waals surface area contributed by atoms with E-state index in [4.69, 9.17) is 10.8 Å². The lowest BCUT2D eigenvalue weighted by Crippen LogP contribution is -2.32. The van der Waals surface area contributed by atoms with Crippen LogP contribution in [0.4, 0.5) is 0 Å². The van der Waals surface area contributed by atoms with Crippen LogP contribution >= 0.6 is 0 Å². The summed E-state index contributed by atoms with van der Waals surface area (Å²) < 4.78 is 6.08. The highest BCUT2D eigenvalue weighted by molar-refractivity contribution is 6.69. The van der Waals surface area contributed by atoms with Crippen molar-refractivity contribution in [2.75, 3.05) is 0 Å². The van der Waals surface area contributed by atoms with Crippen LogP contribution in [0.25, 0.3) is 0 Å². The van der Waals surface area contributed by atoms with Gasteiger partial charge in [0, 0.05) is 12.0 Å². The predicted octanol–water partition coefficient (Wildman–Crippen LogP) is 3.83. The van der Waals surface area contributed by atoms with Crippen LogP contribution < -0.4 is 0 Å². The van der Waals surface area contributed by atoms with Gasteiger partial charge in [0.1, 0.15) is 0 Å². The maximum Gasteiger partial charge on any atom is 0.184 e. The van der Waals surface area contributed by atoms with Crippen LogP contribution in [0.15, 0.2) is 12.7 Å². The second kappa shape index (κ2) is 6.87. The van der Waals surface area contributed by atoms with Gasteiger partial charge < -0.3 is 4.43 Å². The fraction of sp³-hybridized carbons (Fsp3) is 0.692. The van der Waals surface area contributed by atoms with Crippen molar-refractivity contribution >= 4 is 8.32 Å². The van der Waals surface area contributed by atoms with Crippen LogP contribution in [0.5, 0.6) is 0 Å². The van der Waals surface area contributed by atoms with Crippen molar-refractivity contribution in [1.29, 1.82) is 0 Å². The molecular formula is C13H24OSi. The Bertz CT molecular complexity index is 222. The van der Waals surface area contributed by atoms with Crippen LogP contribution in [0, 0.1) is 18.3 Å². The minimum atomic E-state index is -1.47. The molecule has 0 aliphatic carbocycles. The van der Waals surface area contributed by atoms with E-state index in [1.54, 1.807) is 0 Å². The van der Waals surface area contributed by atoms with Crippen LogP contribution in [0.2, 0.25) is 19.6 Å². The van der Waals surface area contributed by atoms with Gasteiger partial charge in [-0.3, -0.25) is 0 Å². The predicted molar refractivity (Wildman–Crippen MR) is 70.3 cm³/mol. The number of hydrogen-bond donors (Lipinski definition) is 0. The molecule has 15 heavy (non-hydrogen) atoms. The summed E-state index contributed by atoms with van der Waals surface area (Å²) in [7, 11) is -1.47. The Hall–Kier alpha value is -0.523. The highest BCUT2D eigenvalue weighted by Crippen LogP contribution is 2.19. The summed E-state index contributed by atoms with van der Waals surface area (Å²) in [6.07, 6.45) is 10.5. The minimum absolute atomic E-state index is 0.259. The van der Waals surface area contributed by atoms with Crippen LogP contribution in [0.3, 0.4) is 0 Å². The van der Waals surface area contributed by atoms with Crippen molar-refractivity contribution in [1.82, 2.24) is 0 Å². The van der Waals surface area contributed by atoms with E-state index in [0.717, 1.165) is 19.3 Å². The van der Waals surface area contributed by atoms with E-state index in [0.29, 0.717) is 5.92 Å². The topological polar surface area (TPSA) is 9.23 Å². The van der Waals surface area contributed by atoms with Crippen molar-refractivity contribution in [2.45, 2.75) is 51.9 Å². The largest absolute Gasteiger partial charge is 0.414 e. The van der Waals surface area contributed by atoms with Crippen molar-refractivity contribution < 1.29 is 4.43 Å². The molecule has 0 aromatic heterocycles. The van der Waals surface area contributed by atoms with E-state index in [2.05, 4.69) is 39.1 Å². The third-order valence-corrected chi connectivity index (χ3v) is 3.27. The summed E-state index contributed by atoms with van der Waals surface area (Å²) in [6, 6.07) is 0. The maximum absolute atomic E-state index is 6.08. The molecule has 0 amide bonds. The average molecular weight is 224 g/mol. The quantitative estimate of drug-likeness (QED) is 0.363. The minimum Gasteiger partial charge on any atom is -0.414 e. The van der Waals surface area contributed by atoms with Gasteiger partial charge in [-0.05, 0) is 38.9 Å². The summed E-state index contributed by atoms with van der Waals surface area (Å²) in [4.78, 5) is 0. The van der Waals surface area contributed by atoms with Crippen LogP contribution in [-0.2, 0) is 4.43 Å². The lowest BCUT2D eigenvalue weighted by molar-refractivity contribution is 0.172. The summed E-state index contributed by atoms with van der Waals surface area (Å²) in [5.74, 6) is 3.17. The molecule has 2 unspecified atom stereocenters. The summed E-state index contributed by atoms with van der Waals surface area (Å²) in [5.41, 5.74) is 0. The average Bonchev–Trinajstić information content (AvgIpc) is 2.11. The van der Waals surface area contributed by atoms with Gasteiger partial charge in [-0.1, -0.05) is 13.0 Å². The third-order valence-electron chi connectivity index (χ3n) is 2.23. The zero-order valence-corrected chi connectivity index (χ0v) is 11.5. The van der Waals surface area contributed by atoms with Gasteiger partial charge in [0.15, 0.2) is 8.32 Å². The van der Waals surface area contributed by atoms with Gasteiger partial charge in [0.2, 0.25) is 0 Å². The molecule has 0 radical (unpaired) electrons. The third kappa shape index (κ3) is 7.41. The molecule has 2 heteroatoms. The molecule has 0 saturated heterocycles. The molecule has 2 atom stereocenters. The first kappa shape index (κ1) is 14.5. The Morgan fingerprint density at radius 1 is 1.47 bits per heavy atom. The highest BCUT2D eigenvalue weighted by atomic mass is 28.4. The molecule has 0 fully saturated rings. The lowest BCUT2D eigenvalue weighted by Gasteiger charge is -2.27. The summed E-state index contributed by atoms with van der Waals surface area (Å²) in [5, 5.41) is 0. The van der Waals surface area contributed by atoms with Gasteiger partial charge in [0.25, 0.3) is 0 Å². The Morgan fingerprint density at radius 3 is 2.40 bits per heavy atom. The second-order valence-electron chi connectivity index (χ2n) is 4.88. The van der Waals surface area contributed by atoms with Crippen LogP contribution in [-0.4, -0.2) is 14.4 Å². The molecule has 0 bridgehead atoms. The molecule has 0 spiro atoms. The van der Waals surface area contributed by atoms with Gasteiger partial charge in [-0.25, -0.2) is 0 Å². The van der Waals surface area contributed by atoms with Gasteiger partial charge in [-0.15, -0.1) is 18.9 Å². The van der Waals surface area contributed by atoms with Crippen molar-refractivity contribution in [2.24, 2.45) is 5.92 Å². The Morgan fingerprint density at radius 2 is 2.07 bits per heavy atom. The molecule has 0 saturated carbocycles. The zero-order valence-electron chi connectivity index (χ0n) is 10.5. The van der Waals surface area contributed by atoms with Gasteiger partial charge >= 0.3 is 0 Å². The fourth-order valence-electron chi connectivity index (χ4n) is 1.55. The molecule has 0 aromatic carbocycles. The van der Waals surface area contributed by atoms with E-state index in [1.807, 2.05) is 6.08 Å². The van der Waals surface area contributed by atoms with E-state index in [9.17, 15) is 0 Å². The maximum atomic E-state index is 6.08. The van der Waals surface area contributed by atoms with Crippen molar-refractivity contribution in [3.8, 4) is 12.3 Å². The Balaban J connectivity index is 4.27. The molecule has 0 N–H and O–H groups in total. The van der Waals surface area contributed by atoms with E-state index < -0.39 is 8.32 Å². The normalized spacial score (nSPS) is 15.4. The summed E-state index contributed by atoms with van der Waals surface area (Å²) >= 11 is 0. The molecule has 0 aliphatic heterocycles. The molecule has 0 aromatic rings. The van der Waals surface area contributed by atoms with E-state index in [1.165, 1.54) is 0 Å². The smallest absolute Gasteiger partial charge is 0.184 e. The number of hydrogen-bond acceptors (Lipinski definition) is 1. The van der Waals surface area contributed by atoms with E-state index >= 15 is 0 Å². The van der Waals surface area contributed by atoms with Crippen molar-refractivity contribution in [3.05, 3.63) is 12.7 Å². The first-order valence-electron chi connectivity index (χ1n) is 5.67. The molecule has 1 nitrogen and oxygen atoms in total. The zero-order chi connectivity index (χ0) is 11.9. The SMILES string of the molecule is C#CC(CC)CC(CC=C)O[Si](C)(C)C. The molecular weight excluding hydrogens is 200 g/mol. The lowest BCUT2D eigenvalue weighted by atomic mass is 9.98. The highest BCUT2D eigenvalue weighted by Gasteiger charge is 2.21.